The number of amides is 2. The summed E-state index contributed by atoms with van der Waals surface area (Å²) < 4.78 is 38.2. The number of anilines is 2. The van der Waals surface area contributed by atoms with E-state index < -0.39 is 22.0 Å². The molecule has 0 aromatic heterocycles. The summed E-state index contributed by atoms with van der Waals surface area (Å²) in [7, 11) is -4.20. The molecule has 0 spiro atoms. The SMILES string of the molecule is CCOC(=O)c1ccc(Cl)cc1NC(=O)NS(=O)(=O)c1ccc(OCCN2CCN(c3ccccc3)CC2)cc1. The maximum atomic E-state index is 12.7. The lowest BCUT2D eigenvalue weighted by Gasteiger charge is -2.36. The van der Waals surface area contributed by atoms with Gasteiger partial charge in [-0.2, -0.15) is 0 Å². The zero-order valence-electron chi connectivity index (χ0n) is 22.0. The fourth-order valence-electron chi connectivity index (χ4n) is 4.21. The minimum absolute atomic E-state index is 0.0175. The number of urea groups is 1. The van der Waals surface area contributed by atoms with Crippen molar-refractivity contribution in [1.29, 1.82) is 0 Å². The Bertz CT molecular complexity index is 1410. The Morgan fingerprint density at radius 1 is 0.950 bits per heavy atom. The summed E-state index contributed by atoms with van der Waals surface area (Å²) in [4.78, 5) is 29.2. The number of ether oxygens (including phenoxy) is 2. The van der Waals surface area contributed by atoms with Gasteiger partial charge in [0.2, 0.25) is 0 Å². The highest BCUT2D eigenvalue weighted by molar-refractivity contribution is 7.90. The van der Waals surface area contributed by atoms with Gasteiger partial charge in [0.05, 0.1) is 22.8 Å². The maximum absolute atomic E-state index is 12.7. The van der Waals surface area contributed by atoms with Crippen LogP contribution in [0.3, 0.4) is 0 Å². The number of hydrogen-bond donors (Lipinski definition) is 2. The monoisotopic (exact) mass is 586 g/mol. The molecular weight excluding hydrogens is 556 g/mol. The number of benzene rings is 3. The Labute approximate surface area is 238 Å². The molecular formula is C28H31ClN4O6S. The lowest BCUT2D eigenvalue weighted by Crippen LogP contribution is -2.47. The predicted molar refractivity (Wildman–Crippen MR) is 154 cm³/mol. The number of para-hydroxylation sites is 1. The summed E-state index contributed by atoms with van der Waals surface area (Å²) in [5.41, 5.74) is 1.29. The first-order valence-electron chi connectivity index (χ1n) is 12.8. The summed E-state index contributed by atoms with van der Waals surface area (Å²) in [6, 6.07) is 19.2. The highest BCUT2D eigenvalue weighted by atomic mass is 35.5. The highest BCUT2D eigenvalue weighted by Gasteiger charge is 2.21. The van der Waals surface area contributed by atoms with Crippen LogP contribution in [0.2, 0.25) is 5.02 Å². The van der Waals surface area contributed by atoms with E-state index in [1.165, 1.54) is 48.2 Å². The van der Waals surface area contributed by atoms with Crippen molar-refractivity contribution in [1.82, 2.24) is 9.62 Å². The molecule has 1 aliphatic heterocycles. The Hall–Kier alpha value is -3.80. The first-order valence-corrected chi connectivity index (χ1v) is 14.7. The average molecular weight is 587 g/mol. The van der Waals surface area contributed by atoms with Crippen molar-refractivity contribution in [3.63, 3.8) is 0 Å². The molecule has 3 aromatic carbocycles. The van der Waals surface area contributed by atoms with Gasteiger partial charge in [-0.3, -0.25) is 4.90 Å². The molecule has 1 saturated heterocycles. The van der Waals surface area contributed by atoms with E-state index >= 15 is 0 Å². The van der Waals surface area contributed by atoms with Gasteiger partial charge in [-0.1, -0.05) is 29.8 Å². The third kappa shape index (κ3) is 7.87. The molecule has 0 aliphatic carbocycles. The normalized spacial score (nSPS) is 13.9. The fourth-order valence-corrected chi connectivity index (χ4v) is 5.29. The molecule has 2 amide bonds. The molecule has 212 valence electrons. The molecule has 10 nitrogen and oxygen atoms in total. The quantitative estimate of drug-likeness (QED) is 0.339. The topological polar surface area (TPSA) is 117 Å². The Morgan fingerprint density at radius 2 is 1.65 bits per heavy atom. The van der Waals surface area contributed by atoms with Gasteiger partial charge in [-0.15, -0.1) is 0 Å². The van der Waals surface area contributed by atoms with Crippen LogP contribution >= 0.6 is 11.6 Å². The molecule has 0 radical (unpaired) electrons. The Kier molecular flexibility index (Phi) is 9.86. The van der Waals surface area contributed by atoms with E-state index in [-0.39, 0.29) is 27.8 Å². The number of sulfonamides is 1. The minimum Gasteiger partial charge on any atom is -0.492 e. The van der Waals surface area contributed by atoms with Crippen LogP contribution < -0.4 is 19.7 Å². The second kappa shape index (κ2) is 13.5. The molecule has 0 bridgehead atoms. The van der Waals surface area contributed by atoms with Crippen molar-refractivity contribution in [2.75, 3.05) is 56.2 Å². The number of esters is 1. The molecule has 1 heterocycles. The largest absolute Gasteiger partial charge is 0.492 e. The van der Waals surface area contributed by atoms with Crippen molar-refractivity contribution in [2.45, 2.75) is 11.8 Å². The first kappa shape index (κ1) is 29.2. The number of piperazine rings is 1. The number of halogens is 1. The van der Waals surface area contributed by atoms with Crippen molar-refractivity contribution >= 4 is 45.0 Å². The average Bonchev–Trinajstić information content (AvgIpc) is 2.94. The van der Waals surface area contributed by atoms with Crippen molar-refractivity contribution < 1.29 is 27.5 Å². The smallest absolute Gasteiger partial charge is 0.340 e. The fraction of sp³-hybridized carbons (Fsp3) is 0.286. The molecule has 12 heteroatoms. The van der Waals surface area contributed by atoms with E-state index in [1.54, 1.807) is 6.92 Å². The van der Waals surface area contributed by atoms with Crippen LogP contribution in [0, 0.1) is 0 Å². The lowest BCUT2D eigenvalue weighted by molar-refractivity contribution is 0.0527. The third-order valence-electron chi connectivity index (χ3n) is 6.26. The molecule has 0 saturated carbocycles. The number of carbonyl (C=O) groups excluding carboxylic acids is 2. The summed E-state index contributed by atoms with van der Waals surface area (Å²) in [6.07, 6.45) is 0. The van der Waals surface area contributed by atoms with Gasteiger partial charge in [0.15, 0.2) is 0 Å². The highest BCUT2D eigenvalue weighted by Crippen LogP contribution is 2.23. The van der Waals surface area contributed by atoms with Crippen LogP contribution in [-0.4, -0.2) is 71.3 Å². The zero-order valence-corrected chi connectivity index (χ0v) is 23.6. The molecule has 3 aromatic rings. The number of nitrogens with one attached hydrogen (secondary N) is 2. The van der Waals surface area contributed by atoms with Gasteiger partial charge in [-0.05, 0) is 61.5 Å². The van der Waals surface area contributed by atoms with Crippen LogP contribution in [0.15, 0.2) is 77.7 Å². The summed E-state index contributed by atoms with van der Waals surface area (Å²) in [5.74, 6) is -0.160. The van der Waals surface area contributed by atoms with Gasteiger partial charge in [0.1, 0.15) is 12.4 Å². The van der Waals surface area contributed by atoms with Crippen LogP contribution in [0.25, 0.3) is 0 Å². The van der Waals surface area contributed by atoms with Gasteiger partial charge in [-0.25, -0.2) is 22.7 Å². The third-order valence-corrected chi connectivity index (χ3v) is 7.84. The molecule has 2 N–H and O–H groups in total. The zero-order chi connectivity index (χ0) is 28.5. The minimum atomic E-state index is -4.20. The second-order valence-electron chi connectivity index (χ2n) is 8.95. The van der Waals surface area contributed by atoms with E-state index in [2.05, 4.69) is 27.2 Å². The van der Waals surface area contributed by atoms with Crippen molar-refractivity contribution in [3.05, 3.63) is 83.4 Å². The van der Waals surface area contributed by atoms with Gasteiger partial charge in [0.25, 0.3) is 10.0 Å². The molecule has 0 atom stereocenters. The molecule has 4 rings (SSSR count). The van der Waals surface area contributed by atoms with Crippen LogP contribution in [0.1, 0.15) is 17.3 Å². The first-order chi connectivity index (χ1) is 19.2. The van der Waals surface area contributed by atoms with Crippen molar-refractivity contribution in [3.8, 4) is 5.75 Å². The van der Waals surface area contributed by atoms with Gasteiger partial charge < -0.3 is 19.7 Å². The Morgan fingerprint density at radius 3 is 2.33 bits per heavy atom. The van der Waals surface area contributed by atoms with Crippen LogP contribution in [0.4, 0.5) is 16.2 Å². The van der Waals surface area contributed by atoms with Crippen LogP contribution in [-0.2, 0) is 14.8 Å². The lowest BCUT2D eigenvalue weighted by atomic mass is 10.2. The van der Waals surface area contributed by atoms with Gasteiger partial charge >= 0.3 is 12.0 Å². The molecule has 1 fully saturated rings. The van der Waals surface area contributed by atoms with Crippen molar-refractivity contribution in [2.24, 2.45) is 0 Å². The number of nitrogens with zero attached hydrogens (tertiary/aromatic N) is 2. The maximum Gasteiger partial charge on any atom is 0.340 e. The second-order valence-corrected chi connectivity index (χ2v) is 11.1. The van der Waals surface area contributed by atoms with E-state index in [0.717, 1.165) is 32.7 Å². The summed E-state index contributed by atoms with van der Waals surface area (Å²) >= 11 is 5.98. The number of carbonyl (C=O) groups is 2. The Balaban J connectivity index is 1.26. The summed E-state index contributed by atoms with van der Waals surface area (Å²) in [5, 5.41) is 2.60. The molecule has 40 heavy (non-hydrogen) atoms. The predicted octanol–water partition coefficient (Wildman–Crippen LogP) is 4.23. The van der Waals surface area contributed by atoms with Gasteiger partial charge in [0, 0.05) is 43.4 Å². The molecule has 0 unspecified atom stereocenters. The van der Waals surface area contributed by atoms with E-state index in [1.807, 2.05) is 22.9 Å². The van der Waals surface area contributed by atoms with E-state index in [9.17, 15) is 18.0 Å². The van der Waals surface area contributed by atoms with E-state index in [0.29, 0.717) is 12.4 Å². The standard InChI is InChI=1S/C28H31ClN4O6S/c1-2-38-27(34)25-13-8-21(29)20-26(25)30-28(35)31-40(36,37)24-11-9-23(10-12-24)39-19-18-32-14-16-33(17-15-32)22-6-4-3-5-7-22/h3-13,20H,2,14-19H2,1H3,(H2,30,31,35). The van der Waals surface area contributed by atoms with E-state index in [4.69, 9.17) is 21.1 Å². The summed E-state index contributed by atoms with van der Waals surface area (Å²) in [6.45, 7) is 6.73. The number of hydrogen-bond acceptors (Lipinski definition) is 8. The molecule has 1 aliphatic rings. The van der Waals surface area contributed by atoms with Crippen LogP contribution in [0.5, 0.6) is 5.75 Å². The number of rotatable bonds is 10.